The van der Waals surface area contributed by atoms with Crippen molar-refractivity contribution in [2.24, 2.45) is 0 Å². The second-order valence-corrected chi connectivity index (χ2v) is 5.25. The van der Waals surface area contributed by atoms with Crippen LogP contribution in [-0.2, 0) is 4.74 Å². The van der Waals surface area contributed by atoms with E-state index in [9.17, 15) is 24.8 Å². The van der Waals surface area contributed by atoms with Crippen LogP contribution in [0.1, 0.15) is 6.23 Å². The van der Waals surface area contributed by atoms with Crippen molar-refractivity contribution in [3.05, 3.63) is 12.7 Å². The lowest BCUT2D eigenvalue weighted by molar-refractivity contribution is -0.137. The van der Waals surface area contributed by atoms with E-state index in [1.165, 1.54) is 6.33 Å². The van der Waals surface area contributed by atoms with Crippen LogP contribution in [0.2, 0.25) is 0 Å². The molecule has 1 fully saturated rings. The predicted octanol–water partition coefficient (Wildman–Crippen LogP) is -2.28. The van der Waals surface area contributed by atoms with E-state index < -0.39 is 43.4 Å². The Kier molecular flexibility index (Phi) is 4.12. The molecule has 23 heavy (non-hydrogen) atoms. The fraction of sp³-hybridized carbons (Fsp3) is 0.583. The van der Waals surface area contributed by atoms with Gasteiger partial charge in [0.05, 0.1) is 12.9 Å². The van der Waals surface area contributed by atoms with Gasteiger partial charge in [0.15, 0.2) is 23.9 Å². The monoisotopic (exact) mass is 329 g/mol. The summed E-state index contributed by atoms with van der Waals surface area (Å²) in [6, 6.07) is 0. The third-order valence-electron chi connectivity index (χ3n) is 3.83. The molecule has 0 unspecified atom stereocenters. The van der Waals surface area contributed by atoms with E-state index >= 15 is 0 Å². The van der Waals surface area contributed by atoms with Crippen molar-refractivity contribution in [1.29, 1.82) is 0 Å². The lowest BCUT2D eigenvalue weighted by atomic mass is 10.0. The Morgan fingerprint density at radius 1 is 1.17 bits per heavy atom. The number of nitrogens with two attached hydrogens (primary N) is 1. The van der Waals surface area contributed by atoms with Crippen LogP contribution in [0.25, 0.3) is 11.2 Å². The van der Waals surface area contributed by atoms with Gasteiger partial charge in [-0.05, 0) is 0 Å². The summed E-state index contributed by atoms with van der Waals surface area (Å²) < 4.78 is 21.1. The van der Waals surface area contributed by atoms with Gasteiger partial charge in [0.1, 0.15) is 36.3 Å². The largest absolute Gasteiger partial charge is 0.394 e. The number of ether oxygens (including phenoxy) is 1. The zero-order valence-electron chi connectivity index (χ0n) is 11.8. The molecule has 1 aliphatic heterocycles. The quantitative estimate of drug-likeness (QED) is 0.409. The van der Waals surface area contributed by atoms with Crippen LogP contribution in [-0.4, -0.2) is 77.1 Å². The molecule has 3 heterocycles. The summed E-state index contributed by atoms with van der Waals surface area (Å²) in [6.07, 6.45) is -7.95. The molecule has 126 valence electrons. The van der Waals surface area contributed by atoms with Gasteiger partial charge in [-0.3, -0.25) is 4.57 Å². The molecule has 2 aromatic rings. The van der Waals surface area contributed by atoms with E-state index in [2.05, 4.69) is 15.0 Å². The summed E-state index contributed by atoms with van der Waals surface area (Å²) >= 11 is 0. The minimum Gasteiger partial charge on any atom is -0.394 e. The Bertz CT molecular complexity index is 698. The van der Waals surface area contributed by atoms with E-state index in [0.717, 1.165) is 10.9 Å². The first-order valence-electron chi connectivity index (χ1n) is 6.83. The normalized spacial score (nSPS) is 35.3. The minimum absolute atomic E-state index is 0.0807. The molecule has 0 amide bonds. The van der Waals surface area contributed by atoms with Crippen LogP contribution >= 0.6 is 0 Å². The maximum atomic E-state index is 14.6. The lowest BCUT2D eigenvalue weighted by Gasteiger charge is -2.25. The predicted molar refractivity (Wildman–Crippen MR) is 73.6 cm³/mol. The molecule has 6 N–H and O–H groups in total. The van der Waals surface area contributed by atoms with Gasteiger partial charge in [0.25, 0.3) is 0 Å². The third-order valence-corrected chi connectivity index (χ3v) is 3.83. The molecule has 6 atom stereocenters. The molecular formula is C12H16FN5O5. The summed E-state index contributed by atoms with van der Waals surface area (Å²) in [4.78, 5) is 11.7. The smallest absolute Gasteiger partial charge is 0.173 e. The van der Waals surface area contributed by atoms with Crippen molar-refractivity contribution in [3.8, 4) is 0 Å². The number of alkyl halides is 1. The van der Waals surface area contributed by atoms with Crippen molar-refractivity contribution in [2.45, 2.75) is 36.8 Å². The van der Waals surface area contributed by atoms with E-state index in [0.29, 0.717) is 0 Å². The molecule has 0 bridgehead atoms. The molecule has 11 heteroatoms. The van der Waals surface area contributed by atoms with Crippen LogP contribution in [0, 0.1) is 0 Å². The average molecular weight is 329 g/mol. The molecule has 3 rings (SSSR count). The number of imidazole rings is 1. The van der Waals surface area contributed by atoms with Crippen molar-refractivity contribution >= 4 is 17.0 Å². The minimum atomic E-state index is -2.11. The van der Waals surface area contributed by atoms with Crippen LogP contribution in [0.15, 0.2) is 12.7 Å². The fourth-order valence-electron chi connectivity index (χ4n) is 2.54. The van der Waals surface area contributed by atoms with Crippen LogP contribution < -0.4 is 5.73 Å². The number of anilines is 1. The highest BCUT2D eigenvalue weighted by Gasteiger charge is 2.46. The first-order valence-corrected chi connectivity index (χ1v) is 6.83. The van der Waals surface area contributed by atoms with E-state index in [1.54, 1.807) is 0 Å². The average Bonchev–Trinajstić information content (AvgIpc) is 2.95. The molecular weight excluding hydrogens is 313 g/mol. The van der Waals surface area contributed by atoms with Crippen LogP contribution in [0.3, 0.4) is 0 Å². The second kappa shape index (κ2) is 5.94. The Morgan fingerprint density at radius 2 is 1.91 bits per heavy atom. The highest BCUT2D eigenvalue weighted by Crippen LogP contribution is 2.31. The molecule has 0 radical (unpaired) electrons. The number of nitrogens with zero attached hydrogens (tertiary/aromatic N) is 4. The number of fused-ring (bicyclic) bond motifs is 1. The molecule has 1 aliphatic rings. The Morgan fingerprint density at radius 3 is 2.61 bits per heavy atom. The zero-order valence-corrected chi connectivity index (χ0v) is 11.8. The van der Waals surface area contributed by atoms with E-state index in [1.807, 2.05) is 0 Å². The van der Waals surface area contributed by atoms with Gasteiger partial charge in [0.2, 0.25) is 0 Å². The Labute approximate surface area is 129 Å². The lowest BCUT2D eigenvalue weighted by Crippen LogP contribution is -2.46. The van der Waals surface area contributed by atoms with Gasteiger partial charge in [-0.25, -0.2) is 19.3 Å². The third kappa shape index (κ3) is 2.52. The standard InChI is InChI=1S/C12H16FN5O5/c13-5-8(21)9(22)7(20)4(1-19)23-12(5)18-3-17-6-10(14)15-2-16-11(6)18/h2-5,7-9,12,19-22H,1H2,(H2,14,15,16)/t4-,5+,7-,8+,9-,12-/m1/s1. The fourth-order valence-corrected chi connectivity index (χ4v) is 2.54. The molecule has 10 nitrogen and oxygen atoms in total. The molecule has 0 spiro atoms. The SMILES string of the molecule is Nc1ncnc2c1ncn2[C@@H]1O[C@H](CO)[C@@H](O)[C@@H](O)[C@@H](O)[C@@H]1F. The topological polar surface area (TPSA) is 160 Å². The second-order valence-electron chi connectivity index (χ2n) is 5.25. The van der Waals surface area contributed by atoms with Gasteiger partial charge >= 0.3 is 0 Å². The van der Waals surface area contributed by atoms with E-state index in [-0.39, 0.29) is 17.0 Å². The molecule has 0 saturated carbocycles. The number of hydrogen-bond donors (Lipinski definition) is 5. The van der Waals surface area contributed by atoms with Crippen LogP contribution in [0.5, 0.6) is 0 Å². The van der Waals surface area contributed by atoms with Gasteiger partial charge < -0.3 is 30.9 Å². The number of nitrogen functional groups attached to an aromatic ring is 1. The zero-order chi connectivity index (χ0) is 16.7. The van der Waals surface area contributed by atoms with E-state index in [4.69, 9.17) is 10.5 Å². The molecule has 0 aromatic carbocycles. The maximum absolute atomic E-state index is 14.6. The molecule has 1 saturated heterocycles. The summed E-state index contributed by atoms with van der Waals surface area (Å²) in [5, 5.41) is 38.8. The first-order chi connectivity index (χ1) is 11.0. The van der Waals surface area contributed by atoms with Crippen LogP contribution in [0.4, 0.5) is 10.2 Å². The Hall–Kier alpha value is -1.92. The molecule has 0 aliphatic carbocycles. The molecule has 2 aromatic heterocycles. The highest BCUT2D eigenvalue weighted by atomic mass is 19.1. The first kappa shape index (κ1) is 16.0. The summed E-state index contributed by atoms with van der Waals surface area (Å²) in [6.45, 7) is -0.683. The number of aromatic nitrogens is 4. The van der Waals surface area contributed by atoms with Crippen molar-refractivity contribution < 1.29 is 29.6 Å². The van der Waals surface area contributed by atoms with Crippen molar-refractivity contribution in [2.75, 3.05) is 12.3 Å². The summed E-state index contributed by atoms with van der Waals surface area (Å²) in [5.74, 6) is 0.0807. The number of rotatable bonds is 2. The maximum Gasteiger partial charge on any atom is 0.173 e. The Balaban J connectivity index is 2.06. The van der Waals surface area contributed by atoms with Gasteiger partial charge in [-0.1, -0.05) is 0 Å². The van der Waals surface area contributed by atoms with Crippen molar-refractivity contribution in [1.82, 2.24) is 19.5 Å². The highest BCUT2D eigenvalue weighted by molar-refractivity contribution is 5.81. The van der Waals surface area contributed by atoms with Gasteiger partial charge in [0, 0.05) is 0 Å². The van der Waals surface area contributed by atoms with Crippen molar-refractivity contribution in [3.63, 3.8) is 0 Å². The summed E-state index contributed by atoms with van der Waals surface area (Å²) in [7, 11) is 0. The summed E-state index contributed by atoms with van der Waals surface area (Å²) in [5.41, 5.74) is 6.02. The number of aliphatic hydroxyl groups is 4. The number of halogens is 1. The van der Waals surface area contributed by atoms with Gasteiger partial charge in [-0.15, -0.1) is 0 Å². The number of aliphatic hydroxyl groups excluding tert-OH is 4. The number of hydrogen-bond acceptors (Lipinski definition) is 9. The van der Waals surface area contributed by atoms with Gasteiger partial charge in [-0.2, -0.15) is 0 Å².